The van der Waals surface area contributed by atoms with Gasteiger partial charge in [-0.1, -0.05) is 13.8 Å². The van der Waals surface area contributed by atoms with E-state index in [4.69, 9.17) is 10.5 Å². The molecule has 0 aliphatic rings. The van der Waals surface area contributed by atoms with E-state index in [-0.39, 0.29) is 5.54 Å². The molecule has 0 aliphatic heterocycles. The highest BCUT2D eigenvalue weighted by molar-refractivity contribution is 4.85. The first-order chi connectivity index (χ1) is 6.64. The van der Waals surface area contributed by atoms with Crippen molar-refractivity contribution < 1.29 is 4.74 Å². The number of ether oxygens (including phenoxy) is 1. The Morgan fingerprint density at radius 3 is 2.36 bits per heavy atom. The molecule has 0 rings (SSSR count). The summed E-state index contributed by atoms with van der Waals surface area (Å²) in [6, 6.07) is 0. The molecule has 0 saturated heterocycles. The van der Waals surface area contributed by atoms with Crippen molar-refractivity contribution in [2.24, 2.45) is 5.73 Å². The Bertz CT molecular complexity index is 135. The molecule has 0 amide bonds. The van der Waals surface area contributed by atoms with Crippen molar-refractivity contribution in [2.75, 3.05) is 33.4 Å². The van der Waals surface area contributed by atoms with Gasteiger partial charge in [0.05, 0.1) is 0 Å². The minimum absolute atomic E-state index is 0.155. The van der Waals surface area contributed by atoms with Gasteiger partial charge in [-0.25, -0.2) is 0 Å². The Hall–Kier alpha value is -0.120. The number of hydrogen-bond donors (Lipinski definition) is 1. The topological polar surface area (TPSA) is 38.5 Å². The molecule has 0 radical (unpaired) electrons. The van der Waals surface area contributed by atoms with Crippen molar-refractivity contribution in [1.82, 2.24) is 4.90 Å². The van der Waals surface area contributed by atoms with Gasteiger partial charge < -0.3 is 10.5 Å². The molecule has 0 aromatic rings. The lowest BCUT2D eigenvalue weighted by molar-refractivity contribution is 0.0953. The third-order valence-corrected chi connectivity index (χ3v) is 3.12. The summed E-state index contributed by atoms with van der Waals surface area (Å²) in [5, 5.41) is 0. The lowest BCUT2D eigenvalue weighted by Gasteiger charge is -2.39. The average molecular weight is 202 g/mol. The molecular weight excluding hydrogens is 176 g/mol. The van der Waals surface area contributed by atoms with Gasteiger partial charge in [-0.05, 0) is 26.3 Å². The maximum Gasteiger partial charge on any atom is 0.0474 e. The van der Waals surface area contributed by atoms with Gasteiger partial charge in [0.1, 0.15) is 0 Å². The third-order valence-electron chi connectivity index (χ3n) is 3.12. The summed E-state index contributed by atoms with van der Waals surface area (Å²) < 4.78 is 5.06. The smallest absolute Gasteiger partial charge is 0.0474 e. The molecule has 0 heterocycles. The Morgan fingerprint density at radius 1 is 1.36 bits per heavy atom. The molecule has 0 bridgehead atoms. The summed E-state index contributed by atoms with van der Waals surface area (Å²) in [6.07, 6.45) is 2.18. The number of rotatable bonds is 8. The molecular formula is C11H26N2O. The van der Waals surface area contributed by atoms with E-state index in [0.29, 0.717) is 0 Å². The van der Waals surface area contributed by atoms with Crippen molar-refractivity contribution in [3.05, 3.63) is 0 Å². The van der Waals surface area contributed by atoms with Crippen molar-refractivity contribution in [2.45, 2.75) is 39.2 Å². The summed E-state index contributed by atoms with van der Waals surface area (Å²) in [7, 11) is 1.75. The normalized spacial score (nSPS) is 15.9. The molecule has 3 heteroatoms. The van der Waals surface area contributed by atoms with Crippen molar-refractivity contribution in [3.8, 4) is 0 Å². The second-order valence-corrected chi connectivity index (χ2v) is 3.98. The van der Waals surface area contributed by atoms with Crippen LogP contribution >= 0.6 is 0 Å². The van der Waals surface area contributed by atoms with Gasteiger partial charge in [0.2, 0.25) is 0 Å². The lowest BCUT2D eigenvalue weighted by atomic mass is 9.96. The van der Waals surface area contributed by atoms with Gasteiger partial charge in [-0.15, -0.1) is 0 Å². The largest absolute Gasteiger partial charge is 0.385 e. The predicted octanol–water partition coefficient (Wildman–Crippen LogP) is 1.47. The van der Waals surface area contributed by atoms with E-state index in [1.807, 2.05) is 0 Å². The van der Waals surface area contributed by atoms with Crippen molar-refractivity contribution in [3.63, 3.8) is 0 Å². The van der Waals surface area contributed by atoms with Gasteiger partial charge in [-0.2, -0.15) is 0 Å². The summed E-state index contributed by atoms with van der Waals surface area (Å²) in [4.78, 5) is 2.45. The molecule has 0 aromatic carbocycles. The summed E-state index contributed by atoms with van der Waals surface area (Å²) >= 11 is 0. The molecule has 0 aliphatic carbocycles. The fourth-order valence-corrected chi connectivity index (χ4v) is 1.71. The van der Waals surface area contributed by atoms with Crippen LogP contribution in [0.3, 0.4) is 0 Å². The standard InChI is InChI=1S/C11H26N2O/c1-5-11(3,10-12)13(6-2)8-7-9-14-4/h5-10,12H2,1-4H3. The van der Waals surface area contributed by atoms with Crippen LogP contribution in [0.15, 0.2) is 0 Å². The molecule has 0 fully saturated rings. The highest BCUT2D eigenvalue weighted by Crippen LogP contribution is 2.17. The zero-order valence-corrected chi connectivity index (χ0v) is 10.2. The van der Waals surface area contributed by atoms with Crippen LogP contribution in [0, 0.1) is 0 Å². The van der Waals surface area contributed by atoms with E-state index >= 15 is 0 Å². The summed E-state index contributed by atoms with van der Waals surface area (Å²) in [5.41, 5.74) is 5.98. The van der Waals surface area contributed by atoms with Gasteiger partial charge in [0, 0.05) is 32.3 Å². The summed E-state index contributed by atoms with van der Waals surface area (Å²) in [6.45, 7) is 10.3. The van der Waals surface area contributed by atoms with E-state index in [2.05, 4.69) is 25.7 Å². The van der Waals surface area contributed by atoms with Gasteiger partial charge in [0.25, 0.3) is 0 Å². The van der Waals surface area contributed by atoms with Crippen LogP contribution in [0.1, 0.15) is 33.6 Å². The lowest BCUT2D eigenvalue weighted by Crippen LogP contribution is -2.51. The highest BCUT2D eigenvalue weighted by atomic mass is 16.5. The minimum atomic E-state index is 0.155. The Labute approximate surface area is 88.6 Å². The van der Waals surface area contributed by atoms with Crippen LogP contribution in [0.2, 0.25) is 0 Å². The van der Waals surface area contributed by atoms with E-state index in [0.717, 1.165) is 39.1 Å². The first kappa shape index (κ1) is 13.9. The van der Waals surface area contributed by atoms with E-state index < -0.39 is 0 Å². The van der Waals surface area contributed by atoms with Gasteiger partial charge >= 0.3 is 0 Å². The van der Waals surface area contributed by atoms with E-state index in [1.54, 1.807) is 7.11 Å². The predicted molar refractivity (Wildman–Crippen MR) is 61.5 cm³/mol. The fourth-order valence-electron chi connectivity index (χ4n) is 1.71. The molecule has 0 saturated carbocycles. The number of nitrogens with two attached hydrogens (primary N) is 1. The molecule has 2 N–H and O–H groups in total. The van der Waals surface area contributed by atoms with Crippen LogP contribution in [-0.2, 0) is 4.74 Å². The SMILES string of the molecule is CCN(CCCOC)C(C)(CC)CN. The number of hydrogen-bond acceptors (Lipinski definition) is 3. The number of nitrogens with zero attached hydrogens (tertiary/aromatic N) is 1. The van der Waals surface area contributed by atoms with Crippen LogP contribution in [0.4, 0.5) is 0 Å². The van der Waals surface area contributed by atoms with Crippen LogP contribution in [-0.4, -0.2) is 43.8 Å². The molecule has 1 atom stereocenters. The van der Waals surface area contributed by atoms with Crippen LogP contribution < -0.4 is 5.73 Å². The number of methoxy groups -OCH3 is 1. The van der Waals surface area contributed by atoms with Crippen molar-refractivity contribution >= 4 is 0 Å². The summed E-state index contributed by atoms with van der Waals surface area (Å²) in [5.74, 6) is 0. The average Bonchev–Trinajstić information content (AvgIpc) is 2.23. The second kappa shape index (κ2) is 7.21. The van der Waals surface area contributed by atoms with Crippen molar-refractivity contribution in [1.29, 1.82) is 0 Å². The first-order valence-corrected chi connectivity index (χ1v) is 5.58. The van der Waals surface area contributed by atoms with E-state index in [9.17, 15) is 0 Å². The Balaban J connectivity index is 4.08. The van der Waals surface area contributed by atoms with Crippen LogP contribution in [0.5, 0.6) is 0 Å². The second-order valence-electron chi connectivity index (χ2n) is 3.98. The van der Waals surface area contributed by atoms with Gasteiger partial charge in [-0.3, -0.25) is 4.90 Å². The number of likely N-dealkylation sites (N-methyl/N-ethyl adjacent to an activating group) is 1. The highest BCUT2D eigenvalue weighted by Gasteiger charge is 2.26. The van der Waals surface area contributed by atoms with Crippen LogP contribution in [0.25, 0.3) is 0 Å². The zero-order chi connectivity index (χ0) is 11.0. The molecule has 14 heavy (non-hydrogen) atoms. The Morgan fingerprint density at radius 2 is 2.00 bits per heavy atom. The maximum absolute atomic E-state index is 5.83. The Kier molecular flexibility index (Phi) is 7.15. The monoisotopic (exact) mass is 202 g/mol. The minimum Gasteiger partial charge on any atom is -0.385 e. The quantitative estimate of drug-likeness (QED) is 0.606. The fraction of sp³-hybridized carbons (Fsp3) is 1.00. The van der Waals surface area contributed by atoms with E-state index in [1.165, 1.54) is 0 Å². The third kappa shape index (κ3) is 3.95. The molecule has 0 aromatic heterocycles. The molecule has 1 unspecified atom stereocenters. The first-order valence-electron chi connectivity index (χ1n) is 5.58. The molecule has 86 valence electrons. The molecule has 3 nitrogen and oxygen atoms in total. The van der Waals surface area contributed by atoms with Gasteiger partial charge in [0.15, 0.2) is 0 Å². The molecule has 0 spiro atoms. The zero-order valence-electron chi connectivity index (χ0n) is 10.2. The maximum atomic E-state index is 5.83.